The summed E-state index contributed by atoms with van der Waals surface area (Å²) in [6.07, 6.45) is 7.07. The second kappa shape index (κ2) is 8.34. The van der Waals surface area contributed by atoms with Crippen LogP contribution >= 0.6 is 0 Å². The fourth-order valence-electron chi connectivity index (χ4n) is 2.00. The number of ether oxygens (including phenoxy) is 3. The van der Waals surface area contributed by atoms with Crippen molar-refractivity contribution in [3.63, 3.8) is 0 Å². The van der Waals surface area contributed by atoms with Gasteiger partial charge >= 0.3 is 0 Å². The normalized spacial score (nSPS) is 11.6. The molecule has 0 bridgehead atoms. The topological polar surface area (TPSA) is 39.7 Å². The molecule has 4 heteroatoms. The molecule has 110 valence electrons. The zero-order valence-corrected chi connectivity index (χ0v) is 12.7. The summed E-state index contributed by atoms with van der Waals surface area (Å²) in [6.45, 7) is 2.82. The largest absolute Gasteiger partial charge is 0.493 e. The first-order chi connectivity index (χ1) is 9.69. The molecule has 0 amide bonds. The lowest BCUT2D eigenvalue weighted by atomic mass is 10.1. The van der Waals surface area contributed by atoms with Crippen LogP contribution in [0.5, 0.6) is 17.2 Å². The van der Waals surface area contributed by atoms with Crippen LogP contribution in [0.4, 0.5) is 0 Å². The fourth-order valence-corrected chi connectivity index (χ4v) is 2.00. The average molecular weight is 277 g/mol. The van der Waals surface area contributed by atoms with E-state index in [2.05, 4.69) is 18.2 Å². The van der Waals surface area contributed by atoms with Gasteiger partial charge in [-0.05, 0) is 24.1 Å². The van der Waals surface area contributed by atoms with Gasteiger partial charge in [-0.3, -0.25) is 0 Å². The first kappa shape index (κ1) is 16.2. The molecule has 0 saturated heterocycles. The first-order valence-corrected chi connectivity index (χ1v) is 6.65. The minimum absolute atomic E-state index is 0.319. The van der Waals surface area contributed by atoms with E-state index in [9.17, 15) is 0 Å². The second-order valence-electron chi connectivity index (χ2n) is 4.43. The van der Waals surface area contributed by atoms with E-state index in [1.165, 1.54) is 0 Å². The number of terminal acetylenes is 1. The Balaban J connectivity index is 2.88. The van der Waals surface area contributed by atoms with Crippen LogP contribution in [0.15, 0.2) is 12.1 Å². The molecule has 0 aromatic heterocycles. The highest BCUT2D eigenvalue weighted by atomic mass is 16.5. The van der Waals surface area contributed by atoms with Crippen LogP contribution in [-0.4, -0.2) is 27.4 Å². The van der Waals surface area contributed by atoms with Crippen LogP contribution in [0.3, 0.4) is 0 Å². The molecule has 1 atom stereocenters. The Morgan fingerprint density at radius 2 is 1.75 bits per heavy atom. The molecule has 0 aliphatic rings. The van der Waals surface area contributed by atoms with Gasteiger partial charge in [0.2, 0.25) is 5.75 Å². The monoisotopic (exact) mass is 277 g/mol. The molecule has 1 rings (SSSR count). The third-order valence-electron chi connectivity index (χ3n) is 3.18. The molecule has 1 unspecified atom stereocenters. The van der Waals surface area contributed by atoms with Gasteiger partial charge in [-0.2, -0.15) is 0 Å². The summed E-state index contributed by atoms with van der Waals surface area (Å²) in [5.41, 5.74) is 1.06. The quantitative estimate of drug-likeness (QED) is 0.741. The standard InChI is InChI=1S/C16H23NO3/c1-6-8-13(7-2)17-11-12-9-14(18-3)16(20-5)15(10-12)19-4/h1,9-10,13,17H,7-8,11H2,2-5H3. The van der Waals surface area contributed by atoms with Gasteiger partial charge in [0.15, 0.2) is 11.5 Å². The smallest absolute Gasteiger partial charge is 0.203 e. The predicted molar refractivity (Wildman–Crippen MR) is 80.5 cm³/mol. The highest BCUT2D eigenvalue weighted by Crippen LogP contribution is 2.38. The van der Waals surface area contributed by atoms with Gasteiger partial charge in [-0.15, -0.1) is 12.3 Å². The Labute approximate surface area is 121 Å². The molecule has 0 heterocycles. The van der Waals surface area contributed by atoms with Crippen molar-refractivity contribution in [1.82, 2.24) is 5.32 Å². The van der Waals surface area contributed by atoms with E-state index >= 15 is 0 Å². The third kappa shape index (κ3) is 4.07. The number of benzene rings is 1. The molecule has 1 aromatic carbocycles. The molecule has 1 N–H and O–H groups in total. The van der Waals surface area contributed by atoms with Crippen molar-refractivity contribution in [1.29, 1.82) is 0 Å². The van der Waals surface area contributed by atoms with Gasteiger partial charge in [0.05, 0.1) is 21.3 Å². The van der Waals surface area contributed by atoms with Crippen LogP contribution in [0.25, 0.3) is 0 Å². The summed E-state index contributed by atoms with van der Waals surface area (Å²) >= 11 is 0. The van der Waals surface area contributed by atoms with Crippen molar-refractivity contribution in [2.75, 3.05) is 21.3 Å². The van der Waals surface area contributed by atoms with E-state index in [1.807, 2.05) is 12.1 Å². The van der Waals surface area contributed by atoms with Crippen molar-refractivity contribution in [3.8, 4) is 29.6 Å². The predicted octanol–water partition coefficient (Wildman–Crippen LogP) is 2.60. The molecule has 0 aliphatic heterocycles. The van der Waals surface area contributed by atoms with E-state index in [-0.39, 0.29) is 0 Å². The van der Waals surface area contributed by atoms with Gasteiger partial charge in [-0.1, -0.05) is 6.92 Å². The highest BCUT2D eigenvalue weighted by Gasteiger charge is 2.13. The zero-order valence-electron chi connectivity index (χ0n) is 12.7. The summed E-state index contributed by atoms with van der Waals surface area (Å²) in [7, 11) is 4.82. The van der Waals surface area contributed by atoms with Gasteiger partial charge in [0.1, 0.15) is 0 Å². The van der Waals surface area contributed by atoms with Gasteiger partial charge in [0.25, 0.3) is 0 Å². The second-order valence-corrected chi connectivity index (χ2v) is 4.43. The zero-order chi connectivity index (χ0) is 15.0. The van der Waals surface area contributed by atoms with E-state index < -0.39 is 0 Å². The van der Waals surface area contributed by atoms with Crippen molar-refractivity contribution in [2.45, 2.75) is 32.4 Å². The lowest BCUT2D eigenvalue weighted by Gasteiger charge is -2.17. The van der Waals surface area contributed by atoms with E-state index in [4.69, 9.17) is 20.6 Å². The van der Waals surface area contributed by atoms with Crippen LogP contribution in [0.2, 0.25) is 0 Å². The van der Waals surface area contributed by atoms with Gasteiger partial charge in [-0.25, -0.2) is 0 Å². The number of methoxy groups -OCH3 is 3. The summed E-state index contributed by atoms with van der Waals surface area (Å²) in [6, 6.07) is 4.20. The van der Waals surface area contributed by atoms with Crippen LogP contribution < -0.4 is 19.5 Å². The van der Waals surface area contributed by atoms with Crippen molar-refractivity contribution in [2.24, 2.45) is 0 Å². The van der Waals surface area contributed by atoms with Crippen LogP contribution in [0.1, 0.15) is 25.3 Å². The Morgan fingerprint density at radius 3 is 2.15 bits per heavy atom. The Bertz CT molecular complexity index is 440. The molecule has 4 nitrogen and oxygen atoms in total. The summed E-state index contributed by atoms with van der Waals surface area (Å²) in [5, 5.41) is 3.43. The Morgan fingerprint density at radius 1 is 1.15 bits per heavy atom. The van der Waals surface area contributed by atoms with Gasteiger partial charge in [0, 0.05) is 19.0 Å². The molecule has 1 aromatic rings. The number of rotatable bonds is 8. The van der Waals surface area contributed by atoms with Crippen molar-refractivity contribution < 1.29 is 14.2 Å². The fraction of sp³-hybridized carbons (Fsp3) is 0.500. The lowest BCUT2D eigenvalue weighted by molar-refractivity contribution is 0.323. The lowest BCUT2D eigenvalue weighted by Crippen LogP contribution is -2.27. The molecule has 20 heavy (non-hydrogen) atoms. The van der Waals surface area contributed by atoms with Crippen LogP contribution in [0, 0.1) is 12.3 Å². The Hall–Kier alpha value is -1.86. The first-order valence-electron chi connectivity index (χ1n) is 6.65. The Kier molecular flexibility index (Phi) is 6.75. The molecule has 0 spiro atoms. The summed E-state index contributed by atoms with van der Waals surface area (Å²) in [5.74, 6) is 4.61. The molecule has 0 saturated carbocycles. The molecule has 0 radical (unpaired) electrons. The molecule has 0 fully saturated rings. The maximum atomic E-state index is 5.36. The number of hydrogen-bond acceptors (Lipinski definition) is 4. The maximum Gasteiger partial charge on any atom is 0.203 e. The maximum absolute atomic E-state index is 5.36. The van der Waals surface area contributed by atoms with Crippen molar-refractivity contribution in [3.05, 3.63) is 17.7 Å². The molecular formula is C16H23NO3. The van der Waals surface area contributed by atoms with E-state index in [0.29, 0.717) is 29.8 Å². The van der Waals surface area contributed by atoms with E-state index in [0.717, 1.165) is 18.4 Å². The van der Waals surface area contributed by atoms with E-state index in [1.54, 1.807) is 21.3 Å². The van der Waals surface area contributed by atoms with Crippen LogP contribution in [-0.2, 0) is 6.54 Å². The molecular weight excluding hydrogens is 254 g/mol. The van der Waals surface area contributed by atoms with Gasteiger partial charge < -0.3 is 19.5 Å². The van der Waals surface area contributed by atoms with Crippen molar-refractivity contribution >= 4 is 0 Å². The summed E-state index contributed by atoms with van der Waals surface area (Å²) < 4.78 is 16.0. The minimum atomic E-state index is 0.319. The highest BCUT2D eigenvalue weighted by molar-refractivity contribution is 5.53. The summed E-state index contributed by atoms with van der Waals surface area (Å²) in [4.78, 5) is 0. The minimum Gasteiger partial charge on any atom is -0.493 e. The average Bonchev–Trinajstić information content (AvgIpc) is 2.49. The number of hydrogen-bond donors (Lipinski definition) is 1. The number of nitrogens with one attached hydrogen (secondary N) is 1. The SMILES string of the molecule is C#CCC(CC)NCc1cc(OC)c(OC)c(OC)c1. The third-order valence-corrected chi connectivity index (χ3v) is 3.18. The molecule has 0 aliphatic carbocycles.